The molecule has 0 aliphatic heterocycles. The van der Waals surface area contributed by atoms with Crippen LogP contribution in [0, 0.1) is 0 Å². The number of primary amides is 1. The molecule has 0 bridgehead atoms. The van der Waals surface area contributed by atoms with E-state index in [9.17, 15) is 9.59 Å². The van der Waals surface area contributed by atoms with Crippen molar-refractivity contribution in [2.75, 3.05) is 6.61 Å². The number of nitrogens with two attached hydrogens (primary N) is 1. The van der Waals surface area contributed by atoms with Crippen molar-refractivity contribution in [2.24, 2.45) is 5.73 Å². The Labute approximate surface area is 132 Å². The van der Waals surface area contributed by atoms with Crippen molar-refractivity contribution in [3.8, 4) is 5.75 Å². The first-order chi connectivity index (χ1) is 10.0. The third kappa shape index (κ3) is 4.20. The summed E-state index contributed by atoms with van der Waals surface area (Å²) in [6.07, 6.45) is 4.07. The maximum atomic E-state index is 12.0. The normalized spacial score (nSPS) is 17.0. The van der Waals surface area contributed by atoms with E-state index in [1.165, 1.54) is 0 Å². The summed E-state index contributed by atoms with van der Waals surface area (Å²) in [5.74, 6) is -0.190. The van der Waals surface area contributed by atoms with Crippen molar-refractivity contribution in [1.82, 2.24) is 5.32 Å². The molecule has 1 aliphatic rings. The lowest BCUT2D eigenvalue weighted by Crippen LogP contribution is -2.59. The number of carbonyl (C=O) groups is 2. The number of hydrogen-bond donors (Lipinski definition) is 2. The van der Waals surface area contributed by atoms with Gasteiger partial charge in [0.05, 0.1) is 0 Å². The van der Waals surface area contributed by atoms with Gasteiger partial charge in [-0.2, -0.15) is 0 Å². The second-order valence-corrected chi connectivity index (χ2v) is 6.22. The van der Waals surface area contributed by atoms with Gasteiger partial charge < -0.3 is 15.8 Å². The molecule has 0 spiro atoms. The summed E-state index contributed by atoms with van der Waals surface area (Å²) < 4.78 is 6.30. The Balaban J connectivity index is 1.92. The lowest BCUT2D eigenvalue weighted by molar-refractivity contribution is -0.133. The highest BCUT2D eigenvalue weighted by Gasteiger charge is 2.39. The minimum Gasteiger partial charge on any atom is -0.484 e. The molecule has 1 fully saturated rings. The lowest BCUT2D eigenvalue weighted by atomic mass is 9.81. The van der Waals surface area contributed by atoms with Crippen LogP contribution in [-0.4, -0.2) is 24.0 Å². The standard InChI is InChI=1S/C15H19BrN2O3/c16-11-5-4-6-12(9-11)21-10-13(19)18-15(14(17)20)7-2-1-3-8-15/h4-6,9H,1-3,7-8,10H2,(H2,17,20)(H,18,19). The van der Waals surface area contributed by atoms with Crippen LogP contribution in [0.25, 0.3) is 0 Å². The Morgan fingerprint density at radius 3 is 2.62 bits per heavy atom. The van der Waals surface area contributed by atoms with Crippen molar-refractivity contribution in [2.45, 2.75) is 37.6 Å². The molecule has 21 heavy (non-hydrogen) atoms. The average molecular weight is 355 g/mol. The van der Waals surface area contributed by atoms with Crippen molar-refractivity contribution in [1.29, 1.82) is 0 Å². The number of halogens is 1. The highest BCUT2D eigenvalue weighted by atomic mass is 79.9. The molecule has 2 amide bonds. The van der Waals surface area contributed by atoms with Gasteiger partial charge in [0.1, 0.15) is 11.3 Å². The highest BCUT2D eigenvalue weighted by molar-refractivity contribution is 9.10. The minimum absolute atomic E-state index is 0.133. The Bertz CT molecular complexity index is 527. The molecule has 1 aliphatic carbocycles. The van der Waals surface area contributed by atoms with Gasteiger partial charge in [-0.3, -0.25) is 9.59 Å². The second kappa shape index (κ2) is 6.93. The van der Waals surface area contributed by atoms with Crippen molar-refractivity contribution >= 4 is 27.7 Å². The first kappa shape index (κ1) is 15.8. The molecule has 3 N–H and O–H groups in total. The molecule has 6 heteroatoms. The Morgan fingerprint density at radius 2 is 2.00 bits per heavy atom. The Morgan fingerprint density at radius 1 is 1.29 bits per heavy atom. The summed E-state index contributed by atoms with van der Waals surface area (Å²) in [5.41, 5.74) is 4.57. The topological polar surface area (TPSA) is 81.4 Å². The predicted molar refractivity (Wildman–Crippen MR) is 82.8 cm³/mol. The highest BCUT2D eigenvalue weighted by Crippen LogP contribution is 2.28. The van der Waals surface area contributed by atoms with Gasteiger partial charge in [-0.1, -0.05) is 41.3 Å². The van der Waals surface area contributed by atoms with E-state index in [4.69, 9.17) is 10.5 Å². The van der Waals surface area contributed by atoms with Crippen LogP contribution in [0.4, 0.5) is 0 Å². The Kier molecular flexibility index (Phi) is 5.22. The van der Waals surface area contributed by atoms with Crippen LogP contribution in [0.15, 0.2) is 28.7 Å². The van der Waals surface area contributed by atoms with Crippen LogP contribution in [0.5, 0.6) is 5.75 Å². The molecule has 0 heterocycles. The third-order valence-corrected chi connectivity index (χ3v) is 4.22. The number of nitrogens with one attached hydrogen (secondary N) is 1. The van der Waals surface area contributed by atoms with E-state index in [1.54, 1.807) is 12.1 Å². The van der Waals surface area contributed by atoms with Crippen molar-refractivity contribution < 1.29 is 14.3 Å². The first-order valence-electron chi connectivity index (χ1n) is 7.01. The largest absolute Gasteiger partial charge is 0.484 e. The van der Waals surface area contributed by atoms with Crippen LogP contribution in [0.3, 0.4) is 0 Å². The first-order valence-corrected chi connectivity index (χ1v) is 7.80. The molecule has 0 aromatic heterocycles. The summed E-state index contributed by atoms with van der Waals surface area (Å²) in [5, 5.41) is 2.77. The summed E-state index contributed by atoms with van der Waals surface area (Å²) in [7, 11) is 0. The number of ether oxygens (including phenoxy) is 1. The van der Waals surface area contributed by atoms with E-state index >= 15 is 0 Å². The third-order valence-electron chi connectivity index (χ3n) is 3.72. The summed E-state index contributed by atoms with van der Waals surface area (Å²) >= 11 is 3.33. The maximum Gasteiger partial charge on any atom is 0.258 e. The number of rotatable bonds is 5. The number of hydrogen-bond acceptors (Lipinski definition) is 3. The number of carbonyl (C=O) groups excluding carboxylic acids is 2. The van der Waals surface area contributed by atoms with E-state index in [-0.39, 0.29) is 12.5 Å². The quantitative estimate of drug-likeness (QED) is 0.849. The summed E-state index contributed by atoms with van der Waals surface area (Å²) in [6, 6.07) is 7.24. The molecule has 0 atom stereocenters. The van der Waals surface area contributed by atoms with Crippen LogP contribution in [0.2, 0.25) is 0 Å². The second-order valence-electron chi connectivity index (χ2n) is 5.30. The van der Waals surface area contributed by atoms with Gasteiger partial charge in [-0.15, -0.1) is 0 Å². The van der Waals surface area contributed by atoms with E-state index < -0.39 is 11.4 Å². The van der Waals surface area contributed by atoms with Gasteiger partial charge in [-0.25, -0.2) is 0 Å². The fraction of sp³-hybridized carbons (Fsp3) is 0.467. The summed E-state index contributed by atoms with van der Waals surface area (Å²) in [4.78, 5) is 23.7. The van der Waals surface area contributed by atoms with Gasteiger partial charge in [0.15, 0.2) is 6.61 Å². The monoisotopic (exact) mass is 354 g/mol. The molecular formula is C15H19BrN2O3. The molecule has 2 rings (SSSR count). The van der Waals surface area contributed by atoms with E-state index in [0.29, 0.717) is 18.6 Å². The Hall–Kier alpha value is -1.56. The summed E-state index contributed by atoms with van der Waals surface area (Å²) in [6.45, 7) is -0.133. The molecular weight excluding hydrogens is 336 g/mol. The molecule has 0 radical (unpaired) electrons. The van der Waals surface area contributed by atoms with E-state index in [2.05, 4.69) is 21.2 Å². The molecule has 1 aromatic carbocycles. The fourth-order valence-corrected chi connectivity index (χ4v) is 2.98. The van der Waals surface area contributed by atoms with Gasteiger partial charge in [0.25, 0.3) is 5.91 Å². The molecule has 114 valence electrons. The smallest absolute Gasteiger partial charge is 0.258 e. The van der Waals surface area contributed by atoms with Gasteiger partial charge >= 0.3 is 0 Å². The fourth-order valence-electron chi connectivity index (χ4n) is 2.60. The van der Waals surface area contributed by atoms with Crippen LogP contribution in [0.1, 0.15) is 32.1 Å². The average Bonchev–Trinajstić information content (AvgIpc) is 2.46. The van der Waals surface area contributed by atoms with Crippen LogP contribution < -0.4 is 15.8 Å². The molecule has 1 aromatic rings. The van der Waals surface area contributed by atoms with Crippen molar-refractivity contribution in [3.63, 3.8) is 0 Å². The predicted octanol–water partition coefficient (Wildman–Crippen LogP) is 2.13. The van der Waals surface area contributed by atoms with Crippen molar-refractivity contribution in [3.05, 3.63) is 28.7 Å². The maximum absolute atomic E-state index is 12.0. The van der Waals surface area contributed by atoms with Crippen LogP contribution in [-0.2, 0) is 9.59 Å². The van der Waals surface area contributed by atoms with Crippen LogP contribution >= 0.6 is 15.9 Å². The molecule has 1 saturated carbocycles. The molecule has 0 saturated heterocycles. The zero-order valence-electron chi connectivity index (χ0n) is 11.7. The SMILES string of the molecule is NC(=O)C1(NC(=O)COc2cccc(Br)c2)CCCCC1. The zero-order chi connectivity index (χ0) is 15.3. The van der Waals surface area contributed by atoms with Gasteiger partial charge in [-0.05, 0) is 31.0 Å². The number of amides is 2. The van der Waals surface area contributed by atoms with Gasteiger partial charge in [0.2, 0.25) is 5.91 Å². The zero-order valence-corrected chi connectivity index (χ0v) is 13.3. The molecule has 0 unspecified atom stereocenters. The van der Waals surface area contributed by atoms with Gasteiger partial charge in [0, 0.05) is 4.47 Å². The van der Waals surface area contributed by atoms with E-state index in [1.807, 2.05) is 12.1 Å². The molecule has 5 nitrogen and oxygen atoms in total. The number of benzene rings is 1. The lowest BCUT2D eigenvalue weighted by Gasteiger charge is -2.35. The minimum atomic E-state index is -0.907. The van der Waals surface area contributed by atoms with E-state index in [0.717, 1.165) is 23.7 Å².